The van der Waals surface area contributed by atoms with Crippen molar-refractivity contribution in [1.82, 2.24) is 24.7 Å². The highest BCUT2D eigenvalue weighted by Crippen LogP contribution is 2.34. The van der Waals surface area contributed by atoms with Gasteiger partial charge in [-0.25, -0.2) is 14.8 Å². The Morgan fingerprint density at radius 3 is 2.81 bits per heavy atom. The van der Waals surface area contributed by atoms with Crippen molar-refractivity contribution in [2.75, 3.05) is 13.7 Å². The summed E-state index contributed by atoms with van der Waals surface area (Å²) < 4.78 is 6.69. The molecule has 2 N–H and O–H groups in total. The highest BCUT2D eigenvalue weighted by Gasteiger charge is 2.30. The topological polar surface area (TPSA) is 109 Å². The Hall–Kier alpha value is -3.13. The van der Waals surface area contributed by atoms with Crippen molar-refractivity contribution in [2.24, 2.45) is 5.73 Å². The Bertz CT molecular complexity index is 983. The molecule has 0 unspecified atom stereocenters. The van der Waals surface area contributed by atoms with Crippen molar-refractivity contribution in [1.29, 1.82) is 0 Å². The third-order valence-electron chi connectivity index (χ3n) is 4.68. The van der Waals surface area contributed by atoms with Gasteiger partial charge in [-0.1, -0.05) is 0 Å². The Balaban J connectivity index is 1.84. The number of hydrogen-bond donors (Lipinski definition) is 1. The van der Waals surface area contributed by atoms with Crippen LogP contribution < -0.4 is 5.73 Å². The van der Waals surface area contributed by atoms with Gasteiger partial charge in [0, 0.05) is 36.3 Å². The number of ether oxygens (including phenoxy) is 1. The second-order valence-corrected chi connectivity index (χ2v) is 6.34. The van der Waals surface area contributed by atoms with Gasteiger partial charge in [0.25, 0.3) is 0 Å². The minimum absolute atomic E-state index is 0.382. The molecule has 138 valence electrons. The molecule has 0 bridgehead atoms. The molecular formula is C19H20N6O2. The van der Waals surface area contributed by atoms with Crippen molar-refractivity contribution in [3.63, 3.8) is 0 Å². The number of hydrogen-bond acceptors (Lipinski definition) is 7. The normalized spacial score (nSPS) is 12.4. The Labute approximate surface area is 156 Å². The van der Waals surface area contributed by atoms with Gasteiger partial charge in [-0.05, 0) is 43.5 Å². The van der Waals surface area contributed by atoms with Crippen LogP contribution in [0.15, 0.2) is 30.7 Å². The number of nitrogens with two attached hydrogens (primary N) is 1. The summed E-state index contributed by atoms with van der Waals surface area (Å²) in [5.41, 5.74) is 10.4. The number of nitrogens with zero attached hydrogens (tertiary/aromatic N) is 5. The summed E-state index contributed by atoms with van der Waals surface area (Å²) in [4.78, 5) is 25.6. The molecule has 4 rings (SSSR count). The molecule has 3 heterocycles. The van der Waals surface area contributed by atoms with E-state index in [1.54, 1.807) is 17.1 Å². The van der Waals surface area contributed by atoms with Crippen LogP contribution in [0.5, 0.6) is 0 Å². The molecule has 1 aliphatic carbocycles. The van der Waals surface area contributed by atoms with E-state index in [1.807, 2.05) is 18.3 Å². The van der Waals surface area contributed by atoms with Crippen molar-refractivity contribution >= 4 is 5.97 Å². The molecule has 3 aromatic rings. The lowest BCUT2D eigenvalue weighted by atomic mass is 9.93. The molecular weight excluding hydrogens is 344 g/mol. The molecule has 0 atom stereocenters. The van der Waals surface area contributed by atoms with Crippen molar-refractivity contribution < 1.29 is 9.53 Å². The fourth-order valence-electron chi connectivity index (χ4n) is 3.35. The number of carbonyl (C=O) groups is 1. The summed E-state index contributed by atoms with van der Waals surface area (Å²) >= 11 is 0. The first-order valence-corrected chi connectivity index (χ1v) is 8.87. The van der Waals surface area contributed by atoms with Crippen LogP contribution in [0.3, 0.4) is 0 Å². The Morgan fingerprint density at radius 2 is 2.07 bits per heavy atom. The van der Waals surface area contributed by atoms with Crippen LogP contribution in [0.1, 0.15) is 28.0 Å². The average Bonchev–Trinajstić information content (AvgIpc) is 3.10. The third kappa shape index (κ3) is 3.08. The van der Waals surface area contributed by atoms with Gasteiger partial charge >= 0.3 is 5.97 Å². The van der Waals surface area contributed by atoms with Crippen LogP contribution in [0.2, 0.25) is 0 Å². The van der Waals surface area contributed by atoms with Crippen molar-refractivity contribution in [3.8, 4) is 22.8 Å². The van der Waals surface area contributed by atoms with E-state index in [1.165, 1.54) is 7.11 Å². The highest BCUT2D eigenvalue weighted by molar-refractivity contribution is 5.92. The van der Waals surface area contributed by atoms with Gasteiger partial charge in [-0.3, -0.25) is 9.67 Å². The summed E-state index contributed by atoms with van der Waals surface area (Å²) in [6, 6.07) is 3.73. The van der Waals surface area contributed by atoms with E-state index in [9.17, 15) is 4.79 Å². The second-order valence-electron chi connectivity index (χ2n) is 6.34. The predicted octanol–water partition coefficient (Wildman–Crippen LogP) is 1.64. The predicted molar refractivity (Wildman–Crippen MR) is 98.9 cm³/mol. The highest BCUT2D eigenvalue weighted by atomic mass is 16.5. The first kappa shape index (κ1) is 17.3. The molecule has 0 aliphatic heterocycles. The number of aromatic nitrogens is 5. The van der Waals surface area contributed by atoms with E-state index in [-0.39, 0.29) is 5.97 Å². The number of carbonyl (C=O) groups excluding carboxylic acids is 1. The zero-order valence-corrected chi connectivity index (χ0v) is 15.1. The van der Waals surface area contributed by atoms with Crippen LogP contribution in [0, 0.1) is 0 Å². The maximum atomic E-state index is 12.4. The van der Waals surface area contributed by atoms with Gasteiger partial charge < -0.3 is 10.5 Å². The molecule has 8 nitrogen and oxygen atoms in total. The van der Waals surface area contributed by atoms with E-state index < -0.39 is 0 Å². The first-order valence-electron chi connectivity index (χ1n) is 8.87. The van der Waals surface area contributed by atoms with Gasteiger partial charge in [-0.15, -0.1) is 0 Å². The molecule has 0 radical (unpaired) electrons. The summed E-state index contributed by atoms with van der Waals surface area (Å²) in [7, 11) is 1.38. The zero-order chi connectivity index (χ0) is 18.8. The van der Waals surface area contributed by atoms with Crippen molar-refractivity contribution in [3.05, 3.63) is 47.5 Å². The van der Waals surface area contributed by atoms with Gasteiger partial charge in [-0.2, -0.15) is 5.10 Å². The maximum absolute atomic E-state index is 12.4. The molecule has 8 heteroatoms. The third-order valence-corrected chi connectivity index (χ3v) is 4.68. The monoisotopic (exact) mass is 364 g/mol. The van der Waals surface area contributed by atoms with Crippen LogP contribution >= 0.6 is 0 Å². The average molecular weight is 364 g/mol. The Kier molecular flexibility index (Phi) is 4.64. The van der Waals surface area contributed by atoms with Crippen LogP contribution in [-0.2, 0) is 24.1 Å². The number of pyridine rings is 1. The summed E-state index contributed by atoms with van der Waals surface area (Å²) in [6.07, 6.45) is 7.45. The van der Waals surface area contributed by atoms with E-state index >= 15 is 0 Å². The molecule has 0 fully saturated rings. The van der Waals surface area contributed by atoms with Gasteiger partial charge in [0.15, 0.2) is 5.82 Å². The van der Waals surface area contributed by atoms with Crippen LogP contribution in [0.25, 0.3) is 22.8 Å². The lowest BCUT2D eigenvalue weighted by molar-refractivity contribution is 0.0585. The van der Waals surface area contributed by atoms with E-state index in [2.05, 4.69) is 9.97 Å². The number of rotatable bonds is 5. The lowest BCUT2D eigenvalue weighted by Crippen LogP contribution is -2.16. The Morgan fingerprint density at radius 1 is 1.26 bits per heavy atom. The minimum atomic E-state index is -0.382. The van der Waals surface area contributed by atoms with E-state index in [4.69, 9.17) is 20.6 Å². The smallest absolute Gasteiger partial charge is 0.356 e. The summed E-state index contributed by atoms with van der Waals surface area (Å²) in [6.45, 7) is 1.08. The first-order chi connectivity index (χ1) is 13.2. The molecule has 1 aliphatic rings. The second kappa shape index (κ2) is 7.24. The standard InChI is InChI=1S/C19H20N6O2/c1-27-19(26)17-14-4-3-13-11-22-18(12-5-8-21-9-6-12)23-15(13)16(14)24-25(17)10-2-7-20/h5-6,8-9,11H,2-4,7,10,20H2,1H3. The largest absolute Gasteiger partial charge is 0.464 e. The van der Waals surface area contributed by atoms with Crippen molar-refractivity contribution in [2.45, 2.75) is 25.8 Å². The zero-order valence-electron chi connectivity index (χ0n) is 15.1. The minimum Gasteiger partial charge on any atom is -0.464 e. The molecule has 3 aromatic heterocycles. The summed E-state index contributed by atoms with van der Waals surface area (Å²) in [5.74, 6) is 0.229. The number of esters is 1. The van der Waals surface area contributed by atoms with Crippen LogP contribution in [0.4, 0.5) is 0 Å². The number of aryl methyl sites for hydroxylation is 2. The van der Waals surface area contributed by atoms with Gasteiger partial charge in [0.1, 0.15) is 11.4 Å². The van der Waals surface area contributed by atoms with Gasteiger partial charge in [0.05, 0.1) is 12.8 Å². The van der Waals surface area contributed by atoms with E-state index in [0.717, 1.165) is 40.9 Å². The quantitative estimate of drug-likeness (QED) is 0.685. The lowest BCUT2D eigenvalue weighted by Gasteiger charge is -2.15. The van der Waals surface area contributed by atoms with Gasteiger partial charge in [0.2, 0.25) is 0 Å². The van der Waals surface area contributed by atoms with Crippen LogP contribution in [-0.4, -0.2) is 44.4 Å². The molecule has 27 heavy (non-hydrogen) atoms. The fourth-order valence-corrected chi connectivity index (χ4v) is 3.35. The fraction of sp³-hybridized carbons (Fsp3) is 0.316. The van der Waals surface area contributed by atoms with E-state index in [0.29, 0.717) is 31.0 Å². The molecule has 0 aromatic carbocycles. The summed E-state index contributed by atoms with van der Waals surface area (Å²) in [5, 5.41) is 4.69. The molecule has 0 amide bonds. The molecule has 0 spiro atoms. The molecule has 0 saturated heterocycles. The number of methoxy groups -OCH3 is 1. The SMILES string of the molecule is COC(=O)c1c2c(nn1CCCN)-c1nc(-c3ccncc3)ncc1CC2. The maximum Gasteiger partial charge on any atom is 0.356 e. The molecule has 0 saturated carbocycles. The number of fused-ring (bicyclic) bond motifs is 3.